The molecule has 0 unspecified atom stereocenters. The molecule has 1 aliphatic carbocycles. The second kappa shape index (κ2) is 6.01. The number of hydrogen-bond donors (Lipinski definition) is 2. The van der Waals surface area contributed by atoms with Crippen LogP contribution in [0.5, 0.6) is 0 Å². The van der Waals surface area contributed by atoms with E-state index in [1.54, 1.807) is 0 Å². The molecule has 1 aromatic rings. The van der Waals surface area contributed by atoms with Crippen LogP contribution in [-0.4, -0.2) is 16.4 Å². The molecule has 0 atom stereocenters. The van der Waals surface area contributed by atoms with Gasteiger partial charge in [0.1, 0.15) is 0 Å². The maximum Gasteiger partial charge on any atom is 0.225 e. The number of benzene rings is 1. The van der Waals surface area contributed by atoms with E-state index in [9.17, 15) is 4.79 Å². The highest BCUT2D eigenvalue weighted by Gasteiger charge is 2.37. The van der Waals surface area contributed by atoms with Crippen molar-refractivity contribution < 1.29 is 4.79 Å². The van der Waals surface area contributed by atoms with E-state index in [1.165, 1.54) is 0 Å². The summed E-state index contributed by atoms with van der Waals surface area (Å²) in [6.45, 7) is 0. The first-order chi connectivity index (χ1) is 9.02. The van der Waals surface area contributed by atoms with Crippen LogP contribution in [0.3, 0.4) is 0 Å². The zero-order valence-corrected chi connectivity index (χ0v) is 13.0. The summed E-state index contributed by atoms with van der Waals surface area (Å²) >= 11 is 8.50. The summed E-state index contributed by atoms with van der Waals surface area (Å²) in [5, 5.41) is 3.04. The fraction of sp³-hybridized carbons (Fsp3) is 0.429. The van der Waals surface area contributed by atoms with E-state index in [0.29, 0.717) is 11.4 Å². The van der Waals surface area contributed by atoms with Crippen molar-refractivity contribution in [3.63, 3.8) is 0 Å². The second-order valence-electron chi connectivity index (χ2n) is 5.00. The van der Waals surface area contributed by atoms with E-state index < -0.39 is 5.54 Å². The Morgan fingerprint density at radius 2 is 1.89 bits per heavy atom. The number of rotatable bonds is 4. The van der Waals surface area contributed by atoms with Crippen LogP contribution in [0.4, 0.5) is 0 Å². The fourth-order valence-corrected chi connectivity index (χ4v) is 3.03. The topological polar surface area (TPSA) is 55.1 Å². The van der Waals surface area contributed by atoms with Crippen LogP contribution < -0.4 is 11.1 Å². The Kier molecular flexibility index (Phi) is 4.58. The Bertz CT molecular complexity index is 481. The number of carbonyl (C=O) groups excluding carboxylic acids is 1. The highest BCUT2D eigenvalue weighted by atomic mass is 79.9. The molecule has 3 N–H and O–H groups in total. The SMILES string of the molecule is NC(=S)C1(NC(=O)Cc2ccc(Br)cc2)CCCC1. The van der Waals surface area contributed by atoms with Crippen molar-refractivity contribution in [1.82, 2.24) is 5.32 Å². The van der Waals surface area contributed by atoms with Crippen molar-refractivity contribution in [2.24, 2.45) is 5.73 Å². The zero-order valence-electron chi connectivity index (χ0n) is 10.6. The number of halogens is 1. The fourth-order valence-electron chi connectivity index (χ4n) is 2.51. The van der Waals surface area contributed by atoms with Gasteiger partial charge in [-0.05, 0) is 30.5 Å². The lowest BCUT2D eigenvalue weighted by Crippen LogP contribution is -2.55. The van der Waals surface area contributed by atoms with E-state index in [0.717, 1.165) is 35.7 Å². The molecule has 1 aromatic carbocycles. The van der Waals surface area contributed by atoms with Gasteiger partial charge < -0.3 is 11.1 Å². The van der Waals surface area contributed by atoms with Gasteiger partial charge in [0.15, 0.2) is 0 Å². The average molecular weight is 341 g/mol. The molecule has 0 heterocycles. The number of nitrogens with two attached hydrogens (primary N) is 1. The van der Waals surface area contributed by atoms with Crippen LogP contribution in [0.1, 0.15) is 31.2 Å². The molecule has 0 radical (unpaired) electrons. The van der Waals surface area contributed by atoms with Crippen molar-refractivity contribution >= 4 is 39.0 Å². The molecular weight excluding hydrogens is 324 g/mol. The summed E-state index contributed by atoms with van der Waals surface area (Å²) in [7, 11) is 0. The van der Waals surface area contributed by atoms with Crippen molar-refractivity contribution in [3.8, 4) is 0 Å². The van der Waals surface area contributed by atoms with Crippen LogP contribution in [0, 0.1) is 0 Å². The minimum atomic E-state index is -0.457. The normalized spacial score (nSPS) is 17.1. The molecule has 1 saturated carbocycles. The van der Waals surface area contributed by atoms with Gasteiger partial charge in [-0.3, -0.25) is 4.79 Å². The molecule has 1 fully saturated rings. The molecule has 19 heavy (non-hydrogen) atoms. The third-order valence-corrected chi connectivity index (χ3v) is 4.50. The number of hydrogen-bond acceptors (Lipinski definition) is 2. The number of amides is 1. The minimum Gasteiger partial charge on any atom is -0.391 e. The lowest BCUT2D eigenvalue weighted by atomic mass is 9.97. The smallest absolute Gasteiger partial charge is 0.225 e. The maximum atomic E-state index is 12.1. The van der Waals surface area contributed by atoms with Gasteiger partial charge in [0.05, 0.1) is 16.9 Å². The molecule has 5 heteroatoms. The molecule has 0 saturated heterocycles. The maximum absolute atomic E-state index is 12.1. The van der Waals surface area contributed by atoms with Crippen LogP contribution in [0.25, 0.3) is 0 Å². The summed E-state index contributed by atoms with van der Waals surface area (Å²) in [6.07, 6.45) is 4.20. The summed E-state index contributed by atoms with van der Waals surface area (Å²) in [4.78, 5) is 12.5. The second-order valence-corrected chi connectivity index (χ2v) is 6.36. The van der Waals surface area contributed by atoms with Gasteiger partial charge in [0, 0.05) is 4.47 Å². The molecule has 1 amide bonds. The van der Waals surface area contributed by atoms with E-state index in [2.05, 4.69) is 21.2 Å². The van der Waals surface area contributed by atoms with Gasteiger partial charge in [0.2, 0.25) is 5.91 Å². The van der Waals surface area contributed by atoms with E-state index in [4.69, 9.17) is 18.0 Å². The van der Waals surface area contributed by atoms with Gasteiger partial charge in [-0.25, -0.2) is 0 Å². The Morgan fingerprint density at radius 3 is 2.42 bits per heavy atom. The number of carbonyl (C=O) groups is 1. The van der Waals surface area contributed by atoms with Crippen LogP contribution in [-0.2, 0) is 11.2 Å². The first kappa shape index (κ1) is 14.5. The molecule has 0 bridgehead atoms. The van der Waals surface area contributed by atoms with Crippen molar-refractivity contribution in [2.45, 2.75) is 37.6 Å². The van der Waals surface area contributed by atoms with Gasteiger partial charge in [0.25, 0.3) is 0 Å². The lowest BCUT2D eigenvalue weighted by molar-refractivity contribution is -0.121. The van der Waals surface area contributed by atoms with Gasteiger partial charge in [-0.2, -0.15) is 0 Å². The Hall–Kier alpha value is -0.940. The number of thiocarbonyl (C=S) groups is 1. The summed E-state index contributed by atoms with van der Waals surface area (Å²) in [5.41, 5.74) is 6.33. The number of nitrogens with one attached hydrogen (secondary N) is 1. The summed E-state index contributed by atoms with van der Waals surface area (Å²) in [6, 6.07) is 7.74. The Balaban J connectivity index is 2.00. The lowest BCUT2D eigenvalue weighted by Gasteiger charge is -2.29. The predicted molar refractivity (Wildman–Crippen MR) is 84.0 cm³/mol. The third-order valence-electron chi connectivity index (χ3n) is 3.59. The minimum absolute atomic E-state index is 0.0166. The molecule has 0 spiro atoms. The Labute approximate surface area is 127 Å². The standard InChI is InChI=1S/C14H17BrN2OS/c15-11-5-3-10(4-6-11)9-12(18)17-14(13(16)19)7-1-2-8-14/h3-6H,1-2,7-9H2,(H2,16,19)(H,17,18). The van der Waals surface area contributed by atoms with E-state index >= 15 is 0 Å². The molecule has 102 valence electrons. The molecule has 0 aliphatic heterocycles. The molecule has 1 aliphatic rings. The van der Waals surface area contributed by atoms with E-state index in [-0.39, 0.29) is 5.91 Å². The van der Waals surface area contributed by atoms with Gasteiger partial charge in [-0.1, -0.05) is 53.1 Å². The first-order valence-corrected chi connectivity index (χ1v) is 7.57. The molecular formula is C14H17BrN2OS. The van der Waals surface area contributed by atoms with Crippen molar-refractivity contribution in [3.05, 3.63) is 34.3 Å². The summed E-state index contributed by atoms with van der Waals surface area (Å²) < 4.78 is 1.01. The predicted octanol–water partition coefficient (Wildman–Crippen LogP) is 2.71. The summed E-state index contributed by atoms with van der Waals surface area (Å²) in [5.74, 6) is -0.0166. The largest absolute Gasteiger partial charge is 0.391 e. The molecule has 0 aromatic heterocycles. The molecule has 2 rings (SSSR count). The van der Waals surface area contributed by atoms with Crippen molar-refractivity contribution in [1.29, 1.82) is 0 Å². The first-order valence-electron chi connectivity index (χ1n) is 6.37. The average Bonchev–Trinajstić information content (AvgIpc) is 2.82. The van der Waals surface area contributed by atoms with Crippen LogP contribution in [0.2, 0.25) is 0 Å². The highest BCUT2D eigenvalue weighted by molar-refractivity contribution is 9.10. The zero-order chi connectivity index (χ0) is 13.9. The van der Waals surface area contributed by atoms with Crippen LogP contribution in [0.15, 0.2) is 28.7 Å². The monoisotopic (exact) mass is 340 g/mol. The molecule has 3 nitrogen and oxygen atoms in total. The van der Waals surface area contributed by atoms with E-state index in [1.807, 2.05) is 24.3 Å². The van der Waals surface area contributed by atoms with Crippen molar-refractivity contribution in [2.75, 3.05) is 0 Å². The van der Waals surface area contributed by atoms with Gasteiger partial charge in [-0.15, -0.1) is 0 Å². The third kappa shape index (κ3) is 3.54. The van der Waals surface area contributed by atoms with Gasteiger partial charge >= 0.3 is 0 Å². The van der Waals surface area contributed by atoms with Crippen LogP contribution >= 0.6 is 28.1 Å². The Morgan fingerprint density at radius 1 is 1.32 bits per heavy atom. The quantitative estimate of drug-likeness (QED) is 0.828. The highest BCUT2D eigenvalue weighted by Crippen LogP contribution is 2.30.